The lowest BCUT2D eigenvalue weighted by Crippen LogP contribution is -2.50. The first-order valence-electron chi connectivity index (χ1n) is 9.88. The van der Waals surface area contributed by atoms with Crippen molar-refractivity contribution in [2.75, 3.05) is 24.5 Å². The summed E-state index contributed by atoms with van der Waals surface area (Å²) in [6.45, 7) is 6.20. The number of piperazine rings is 1. The van der Waals surface area contributed by atoms with Crippen molar-refractivity contribution in [3.63, 3.8) is 0 Å². The van der Waals surface area contributed by atoms with Crippen molar-refractivity contribution in [1.29, 1.82) is 5.26 Å². The largest absolute Gasteiger partial charge is 0.360 e. The SMILES string of the molecule is CC(C)CCC(=O)N1CCN(c2ccc(Br)cc2C#N)[C@H](c2ccc(Cl)cc2)C1. The quantitative estimate of drug-likeness (QED) is 0.550. The molecule has 0 spiro atoms. The van der Waals surface area contributed by atoms with E-state index in [9.17, 15) is 10.1 Å². The van der Waals surface area contributed by atoms with Gasteiger partial charge in [0, 0.05) is 35.6 Å². The number of nitrogens with zero attached hydrogens (tertiary/aromatic N) is 3. The van der Waals surface area contributed by atoms with Gasteiger partial charge < -0.3 is 9.80 Å². The minimum Gasteiger partial charge on any atom is -0.360 e. The van der Waals surface area contributed by atoms with Crippen LogP contribution in [0.3, 0.4) is 0 Å². The van der Waals surface area contributed by atoms with E-state index >= 15 is 0 Å². The van der Waals surface area contributed by atoms with Gasteiger partial charge in [-0.1, -0.05) is 53.5 Å². The lowest BCUT2D eigenvalue weighted by molar-refractivity contribution is -0.132. The van der Waals surface area contributed by atoms with E-state index in [1.807, 2.05) is 47.4 Å². The van der Waals surface area contributed by atoms with E-state index in [1.165, 1.54) is 0 Å². The minimum atomic E-state index is -0.0303. The zero-order valence-electron chi connectivity index (χ0n) is 16.7. The van der Waals surface area contributed by atoms with Gasteiger partial charge in [-0.25, -0.2) is 0 Å². The number of halogens is 2. The summed E-state index contributed by atoms with van der Waals surface area (Å²) in [7, 11) is 0. The molecule has 0 aliphatic carbocycles. The molecule has 152 valence electrons. The molecule has 1 aliphatic rings. The number of nitriles is 1. The van der Waals surface area contributed by atoms with Crippen LogP contribution in [0.4, 0.5) is 5.69 Å². The Labute approximate surface area is 186 Å². The number of hydrogen-bond acceptors (Lipinski definition) is 3. The third-order valence-corrected chi connectivity index (χ3v) is 6.06. The fraction of sp³-hybridized carbons (Fsp3) is 0.391. The van der Waals surface area contributed by atoms with Crippen LogP contribution < -0.4 is 4.90 Å². The van der Waals surface area contributed by atoms with Gasteiger partial charge in [0.25, 0.3) is 0 Å². The first-order chi connectivity index (χ1) is 13.9. The smallest absolute Gasteiger partial charge is 0.222 e. The molecule has 2 aromatic carbocycles. The molecule has 0 unspecified atom stereocenters. The molecule has 6 heteroatoms. The highest BCUT2D eigenvalue weighted by Crippen LogP contribution is 2.34. The second-order valence-corrected chi connectivity index (χ2v) is 9.16. The predicted molar refractivity (Wildman–Crippen MR) is 121 cm³/mol. The Balaban J connectivity index is 1.91. The number of carbonyl (C=O) groups is 1. The van der Waals surface area contributed by atoms with Crippen molar-refractivity contribution >= 4 is 39.1 Å². The maximum atomic E-state index is 12.8. The lowest BCUT2D eigenvalue weighted by atomic mass is 9.99. The summed E-state index contributed by atoms with van der Waals surface area (Å²) < 4.78 is 0.878. The van der Waals surface area contributed by atoms with Crippen LogP contribution >= 0.6 is 27.5 Å². The Bertz CT molecular complexity index is 907. The van der Waals surface area contributed by atoms with Gasteiger partial charge in [-0.15, -0.1) is 0 Å². The van der Waals surface area contributed by atoms with Gasteiger partial charge in [0.15, 0.2) is 0 Å². The second-order valence-electron chi connectivity index (χ2n) is 7.81. The molecule has 0 bridgehead atoms. The van der Waals surface area contributed by atoms with Crippen molar-refractivity contribution in [3.8, 4) is 6.07 Å². The summed E-state index contributed by atoms with van der Waals surface area (Å²) in [6.07, 6.45) is 1.47. The number of carbonyl (C=O) groups excluding carboxylic acids is 1. The fourth-order valence-electron chi connectivity index (χ4n) is 3.69. The monoisotopic (exact) mass is 473 g/mol. The highest BCUT2D eigenvalue weighted by atomic mass is 79.9. The molecule has 3 rings (SSSR count). The molecule has 4 nitrogen and oxygen atoms in total. The van der Waals surface area contributed by atoms with E-state index < -0.39 is 0 Å². The molecule has 29 heavy (non-hydrogen) atoms. The third-order valence-electron chi connectivity index (χ3n) is 5.31. The Morgan fingerprint density at radius 3 is 2.62 bits per heavy atom. The summed E-state index contributed by atoms with van der Waals surface area (Å²) in [4.78, 5) is 17.0. The molecule has 1 aliphatic heterocycles. The summed E-state index contributed by atoms with van der Waals surface area (Å²) in [5, 5.41) is 10.3. The topological polar surface area (TPSA) is 47.3 Å². The Morgan fingerprint density at radius 2 is 1.97 bits per heavy atom. The van der Waals surface area contributed by atoms with Crippen molar-refractivity contribution in [1.82, 2.24) is 4.90 Å². The van der Waals surface area contributed by atoms with Crippen LogP contribution in [0.2, 0.25) is 5.02 Å². The highest BCUT2D eigenvalue weighted by molar-refractivity contribution is 9.10. The summed E-state index contributed by atoms with van der Waals surface area (Å²) in [6, 6.07) is 15.8. The van der Waals surface area contributed by atoms with Crippen LogP contribution in [0.25, 0.3) is 0 Å². The molecular weight excluding hydrogens is 450 g/mol. The molecule has 1 amide bonds. The van der Waals surface area contributed by atoms with Crippen LogP contribution in [-0.2, 0) is 4.79 Å². The first-order valence-corrected chi connectivity index (χ1v) is 11.1. The molecule has 0 N–H and O–H groups in total. The van der Waals surface area contributed by atoms with Crippen LogP contribution in [0, 0.1) is 17.2 Å². The predicted octanol–water partition coefficient (Wildman–Crippen LogP) is 5.80. The van der Waals surface area contributed by atoms with Crippen molar-refractivity contribution in [2.45, 2.75) is 32.7 Å². The molecule has 2 aromatic rings. The van der Waals surface area contributed by atoms with Crippen molar-refractivity contribution in [2.24, 2.45) is 5.92 Å². The zero-order valence-corrected chi connectivity index (χ0v) is 19.1. The molecule has 1 saturated heterocycles. The third kappa shape index (κ3) is 5.32. The van der Waals surface area contributed by atoms with Crippen molar-refractivity contribution < 1.29 is 4.79 Å². The van der Waals surface area contributed by atoms with Gasteiger partial charge in [0.2, 0.25) is 5.91 Å². The molecule has 0 radical (unpaired) electrons. The van der Waals surface area contributed by atoms with Gasteiger partial charge in [-0.3, -0.25) is 4.79 Å². The summed E-state index contributed by atoms with van der Waals surface area (Å²) in [5.74, 6) is 0.710. The van der Waals surface area contributed by atoms with Gasteiger partial charge in [0.1, 0.15) is 6.07 Å². The number of benzene rings is 2. The molecule has 1 fully saturated rings. The molecule has 0 saturated carbocycles. The average Bonchev–Trinajstić information content (AvgIpc) is 2.72. The molecule has 0 aromatic heterocycles. The Morgan fingerprint density at radius 1 is 1.24 bits per heavy atom. The van der Waals surface area contributed by atoms with E-state index in [0.29, 0.717) is 42.6 Å². The van der Waals surface area contributed by atoms with E-state index in [4.69, 9.17) is 11.6 Å². The maximum absolute atomic E-state index is 12.8. The Hall–Kier alpha value is -2.03. The molecule has 1 heterocycles. The average molecular weight is 475 g/mol. The van der Waals surface area contributed by atoms with Crippen molar-refractivity contribution in [3.05, 3.63) is 63.1 Å². The number of amides is 1. The van der Waals surface area contributed by atoms with Crippen LogP contribution in [-0.4, -0.2) is 30.4 Å². The molecule has 1 atom stereocenters. The van der Waals surface area contributed by atoms with Crippen LogP contribution in [0.5, 0.6) is 0 Å². The second kappa shape index (κ2) is 9.65. The van der Waals surface area contributed by atoms with Gasteiger partial charge >= 0.3 is 0 Å². The Kier molecular flexibility index (Phi) is 7.21. The number of hydrogen-bond donors (Lipinski definition) is 0. The van der Waals surface area contributed by atoms with E-state index in [1.54, 1.807) is 0 Å². The number of rotatable bonds is 5. The fourth-order valence-corrected chi connectivity index (χ4v) is 4.17. The molecular formula is C23H25BrClN3O. The van der Waals surface area contributed by atoms with Gasteiger partial charge in [0.05, 0.1) is 17.3 Å². The van der Waals surface area contributed by atoms with Gasteiger partial charge in [-0.05, 0) is 48.2 Å². The number of anilines is 1. The minimum absolute atomic E-state index is 0.0303. The van der Waals surface area contributed by atoms with Gasteiger partial charge in [-0.2, -0.15) is 5.26 Å². The van der Waals surface area contributed by atoms with E-state index in [0.717, 1.165) is 22.1 Å². The summed E-state index contributed by atoms with van der Waals surface area (Å²) >= 11 is 9.54. The van der Waals surface area contributed by atoms with E-state index in [-0.39, 0.29) is 11.9 Å². The lowest BCUT2D eigenvalue weighted by Gasteiger charge is -2.43. The maximum Gasteiger partial charge on any atom is 0.222 e. The zero-order chi connectivity index (χ0) is 21.0. The standard InChI is InChI=1S/C23H25BrClN3O/c1-16(2)3-10-23(29)27-11-12-28(21-9-6-19(24)13-18(21)14-26)22(15-27)17-4-7-20(25)8-5-17/h4-9,13,16,22H,3,10-12,15H2,1-2H3/t22-/m0/s1. The van der Waals surface area contributed by atoms with Crippen LogP contribution in [0.1, 0.15) is 43.9 Å². The summed E-state index contributed by atoms with van der Waals surface area (Å²) in [5.41, 5.74) is 2.60. The van der Waals surface area contributed by atoms with Crippen LogP contribution in [0.15, 0.2) is 46.9 Å². The van der Waals surface area contributed by atoms with E-state index in [2.05, 4.69) is 40.7 Å². The first kappa shape index (κ1) is 21.7. The highest BCUT2D eigenvalue weighted by Gasteiger charge is 2.31. The normalized spacial score (nSPS) is 16.8.